The highest BCUT2D eigenvalue weighted by Gasteiger charge is 2.21. The highest BCUT2D eigenvalue weighted by atomic mass is 16.5. The number of hydrogen-bond donors (Lipinski definition) is 1. The number of nitrogens with zero attached hydrogens (tertiary/aromatic N) is 3. The molecule has 1 amide bonds. The molecule has 1 fully saturated rings. The van der Waals surface area contributed by atoms with Crippen LogP contribution in [0.5, 0.6) is 0 Å². The quantitative estimate of drug-likeness (QED) is 0.474. The van der Waals surface area contributed by atoms with Crippen LogP contribution in [0.2, 0.25) is 0 Å². The van der Waals surface area contributed by atoms with E-state index in [1.54, 1.807) is 23.7 Å². The van der Waals surface area contributed by atoms with Crippen molar-refractivity contribution in [2.75, 3.05) is 32.8 Å². The van der Waals surface area contributed by atoms with E-state index < -0.39 is 0 Å². The number of carbonyl (C=O) groups is 2. The lowest BCUT2D eigenvalue weighted by Gasteiger charge is -2.34. The number of aromatic nitrogens is 2. The molecular weight excluding hydrogens is 404 g/mol. The molecule has 7 nitrogen and oxygen atoms in total. The van der Waals surface area contributed by atoms with Crippen LogP contribution in [0.3, 0.4) is 0 Å². The zero-order valence-electron chi connectivity index (χ0n) is 19.8. The number of esters is 1. The van der Waals surface area contributed by atoms with Gasteiger partial charge in [0.05, 0.1) is 24.2 Å². The van der Waals surface area contributed by atoms with E-state index in [4.69, 9.17) is 4.74 Å². The first-order valence-electron chi connectivity index (χ1n) is 11.7. The highest BCUT2D eigenvalue weighted by Crippen LogP contribution is 2.21. The molecule has 2 unspecified atom stereocenters. The predicted octanol–water partition coefficient (Wildman–Crippen LogP) is 3.85. The van der Waals surface area contributed by atoms with Gasteiger partial charge < -0.3 is 15.0 Å². The van der Waals surface area contributed by atoms with Gasteiger partial charge in [0.1, 0.15) is 5.56 Å². The second kappa shape index (κ2) is 11.3. The molecule has 174 valence electrons. The summed E-state index contributed by atoms with van der Waals surface area (Å²) in [5, 5.41) is 7.31. The van der Waals surface area contributed by atoms with Crippen LogP contribution in [0.1, 0.15) is 66.4 Å². The molecule has 2 heterocycles. The van der Waals surface area contributed by atoms with Crippen LogP contribution in [-0.2, 0) is 4.74 Å². The molecule has 1 N–H and O–H groups in total. The van der Waals surface area contributed by atoms with Gasteiger partial charge in [-0.1, -0.05) is 13.8 Å². The van der Waals surface area contributed by atoms with E-state index in [0.29, 0.717) is 30.0 Å². The summed E-state index contributed by atoms with van der Waals surface area (Å²) >= 11 is 0. The van der Waals surface area contributed by atoms with Crippen molar-refractivity contribution < 1.29 is 14.3 Å². The van der Waals surface area contributed by atoms with Crippen molar-refractivity contribution in [1.29, 1.82) is 0 Å². The summed E-state index contributed by atoms with van der Waals surface area (Å²) in [6.07, 6.45) is 4.92. The molecule has 1 saturated heterocycles. The fourth-order valence-electron chi connectivity index (χ4n) is 4.57. The normalized spacial score (nSPS) is 19.0. The minimum atomic E-state index is -0.378. The van der Waals surface area contributed by atoms with Gasteiger partial charge in [0.25, 0.3) is 5.91 Å². The van der Waals surface area contributed by atoms with Crippen LogP contribution >= 0.6 is 0 Å². The van der Waals surface area contributed by atoms with E-state index in [9.17, 15) is 9.59 Å². The van der Waals surface area contributed by atoms with Crippen LogP contribution < -0.4 is 5.32 Å². The SMILES string of the molecule is CCOC(=O)c1cnn(-c2ccc(C(=O)NCCCCN3CC(C)CC(C)C3)cc2)c1C. The third-order valence-corrected chi connectivity index (χ3v) is 6.01. The summed E-state index contributed by atoms with van der Waals surface area (Å²) < 4.78 is 6.74. The number of likely N-dealkylation sites (tertiary alicyclic amines) is 1. The first-order valence-corrected chi connectivity index (χ1v) is 11.7. The van der Waals surface area contributed by atoms with Gasteiger partial charge in [-0.15, -0.1) is 0 Å². The average molecular weight is 441 g/mol. The standard InChI is InChI=1S/C25H36N4O3/c1-5-32-25(31)23-15-27-29(20(23)4)22-10-8-21(9-11-22)24(30)26-12-6-7-13-28-16-18(2)14-19(3)17-28/h8-11,15,18-19H,5-7,12-14,16-17H2,1-4H3,(H,26,30). The molecular formula is C25H36N4O3. The highest BCUT2D eigenvalue weighted by molar-refractivity contribution is 5.94. The summed E-state index contributed by atoms with van der Waals surface area (Å²) in [7, 11) is 0. The van der Waals surface area contributed by atoms with Gasteiger partial charge in [0.2, 0.25) is 0 Å². The molecule has 1 aliphatic heterocycles. The van der Waals surface area contributed by atoms with Gasteiger partial charge in [0.15, 0.2) is 0 Å². The molecule has 3 rings (SSSR count). The Balaban J connectivity index is 1.46. The molecule has 0 radical (unpaired) electrons. The summed E-state index contributed by atoms with van der Waals surface area (Å²) in [6, 6.07) is 7.24. The molecule has 0 saturated carbocycles. The molecule has 7 heteroatoms. The zero-order chi connectivity index (χ0) is 23.1. The summed E-state index contributed by atoms with van der Waals surface area (Å²) in [5.41, 5.74) is 2.56. The van der Waals surface area contributed by atoms with Crippen LogP contribution in [-0.4, -0.2) is 59.3 Å². The van der Waals surface area contributed by atoms with Crippen LogP contribution in [0, 0.1) is 18.8 Å². The lowest BCUT2D eigenvalue weighted by molar-refractivity contribution is 0.0525. The monoisotopic (exact) mass is 440 g/mol. The largest absolute Gasteiger partial charge is 0.462 e. The lowest BCUT2D eigenvalue weighted by atomic mass is 9.92. The number of unbranched alkanes of at least 4 members (excludes halogenated alkanes) is 1. The molecule has 2 aromatic rings. The number of hydrogen-bond acceptors (Lipinski definition) is 5. The Morgan fingerprint density at radius 2 is 1.81 bits per heavy atom. The van der Waals surface area contributed by atoms with Gasteiger partial charge in [-0.25, -0.2) is 9.48 Å². The van der Waals surface area contributed by atoms with Crippen LogP contribution in [0.15, 0.2) is 30.5 Å². The molecule has 0 spiro atoms. The van der Waals surface area contributed by atoms with E-state index in [1.165, 1.54) is 25.7 Å². The maximum absolute atomic E-state index is 12.5. The van der Waals surface area contributed by atoms with E-state index in [1.807, 2.05) is 19.1 Å². The Bertz CT molecular complexity index is 896. The fraction of sp³-hybridized carbons (Fsp3) is 0.560. The maximum Gasteiger partial charge on any atom is 0.341 e. The molecule has 2 atom stereocenters. The van der Waals surface area contributed by atoms with Crippen LogP contribution in [0.4, 0.5) is 0 Å². The second-order valence-electron chi connectivity index (χ2n) is 8.99. The summed E-state index contributed by atoms with van der Waals surface area (Å²) in [5.74, 6) is 1.12. The third-order valence-electron chi connectivity index (χ3n) is 6.01. The van der Waals surface area contributed by atoms with Gasteiger partial charge in [-0.3, -0.25) is 4.79 Å². The minimum absolute atomic E-state index is 0.0684. The molecule has 32 heavy (non-hydrogen) atoms. The smallest absolute Gasteiger partial charge is 0.341 e. The number of piperidine rings is 1. The Labute approximate surface area is 191 Å². The first kappa shape index (κ1) is 24.0. The van der Waals surface area contributed by atoms with Crippen molar-refractivity contribution in [3.8, 4) is 5.69 Å². The zero-order valence-corrected chi connectivity index (χ0v) is 19.8. The van der Waals surface area contributed by atoms with E-state index in [2.05, 4.69) is 29.2 Å². The fourth-order valence-corrected chi connectivity index (χ4v) is 4.57. The molecule has 1 aliphatic rings. The second-order valence-corrected chi connectivity index (χ2v) is 8.99. The number of benzene rings is 1. The lowest BCUT2D eigenvalue weighted by Crippen LogP contribution is -2.39. The number of ether oxygens (including phenoxy) is 1. The van der Waals surface area contributed by atoms with Crippen molar-refractivity contribution in [3.05, 3.63) is 47.3 Å². The van der Waals surface area contributed by atoms with Gasteiger partial charge in [-0.05, 0) is 75.8 Å². The van der Waals surface area contributed by atoms with Crippen molar-refractivity contribution in [2.24, 2.45) is 11.8 Å². The van der Waals surface area contributed by atoms with E-state index >= 15 is 0 Å². The maximum atomic E-state index is 12.5. The Morgan fingerprint density at radius 1 is 1.12 bits per heavy atom. The summed E-state index contributed by atoms with van der Waals surface area (Å²) in [6.45, 7) is 12.8. The van der Waals surface area contributed by atoms with Gasteiger partial charge >= 0.3 is 5.97 Å². The Morgan fingerprint density at radius 3 is 2.47 bits per heavy atom. The van der Waals surface area contributed by atoms with Crippen molar-refractivity contribution in [3.63, 3.8) is 0 Å². The summed E-state index contributed by atoms with van der Waals surface area (Å²) in [4.78, 5) is 27.0. The Kier molecular flexibility index (Phi) is 8.45. The van der Waals surface area contributed by atoms with Crippen molar-refractivity contribution in [1.82, 2.24) is 20.0 Å². The first-order chi connectivity index (χ1) is 15.4. The van der Waals surface area contributed by atoms with Crippen molar-refractivity contribution >= 4 is 11.9 Å². The van der Waals surface area contributed by atoms with E-state index in [0.717, 1.165) is 36.9 Å². The Hall–Kier alpha value is -2.67. The topological polar surface area (TPSA) is 76.5 Å². The average Bonchev–Trinajstić information content (AvgIpc) is 3.14. The van der Waals surface area contributed by atoms with E-state index in [-0.39, 0.29) is 11.9 Å². The molecule has 0 aliphatic carbocycles. The number of rotatable bonds is 9. The van der Waals surface area contributed by atoms with Crippen LogP contribution in [0.25, 0.3) is 5.69 Å². The number of carbonyl (C=O) groups excluding carboxylic acids is 2. The number of amides is 1. The molecule has 1 aromatic carbocycles. The molecule has 0 bridgehead atoms. The minimum Gasteiger partial charge on any atom is -0.462 e. The van der Waals surface area contributed by atoms with Gasteiger partial charge in [-0.2, -0.15) is 5.10 Å². The molecule has 1 aromatic heterocycles. The van der Waals surface area contributed by atoms with Crippen molar-refractivity contribution in [2.45, 2.75) is 47.0 Å². The van der Waals surface area contributed by atoms with Gasteiger partial charge in [0, 0.05) is 25.2 Å². The number of nitrogens with one attached hydrogen (secondary N) is 1. The predicted molar refractivity (Wildman–Crippen MR) is 125 cm³/mol. The third kappa shape index (κ3) is 6.19.